The van der Waals surface area contributed by atoms with Crippen LogP contribution in [0.4, 0.5) is 5.82 Å². The van der Waals surface area contributed by atoms with Gasteiger partial charge in [-0.1, -0.05) is 18.6 Å². The van der Waals surface area contributed by atoms with Crippen molar-refractivity contribution in [1.82, 2.24) is 9.88 Å². The van der Waals surface area contributed by atoms with Crippen LogP contribution in [0.5, 0.6) is 5.75 Å². The van der Waals surface area contributed by atoms with Gasteiger partial charge in [0.2, 0.25) is 0 Å². The number of anilines is 1. The zero-order chi connectivity index (χ0) is 16.9. The summed E-state index contributed by atoms with van der Waals surface area (Å²) in [6, 6.07) is 10.9. The number of phenols is 1. The number of rotatable bonds is 3. The van der Waals surface area contributed by atoms with Crippen LogP contribution >= 0.6 is 0 Å². The number of benzene rings is 1. The second-order valence-electron chi connectivity index (χ2n) is 6.22. The second-order valence-corrected chi connectivity index (χ2v) is 6.22. The molecule has 1 amide bonds. The lowest BCUT2D eigenvalue weighted by Gasteiger charge is -2.25. The molecule has 3 rings (SSSR count). The second kappa shape index (κ2) is 7.34. The van der Waals surface area contributed by atoms with E-state index in [9.17, 15) is 9.90 Å². The van der Waals surface area contributed by atoms with E-state index in [0.29, 0.717) is 23.8 Å². The quantitative estimate of drug-likeness (QED) is 0.909. The summed E-state index contributed by atoms with van der Waals surface area (Å²) in [4.78, 5) is 19.0. The number of carbonyl (C=O) groups excluding carboxylic acids is 1. The predicted octanol–water partition coefficient (Wildman–Crippen LogP) is 3.24. The molecule has 0 spiro atoms. The van der Waals surface area contributed by atoms with Gasteiger partial charge in [-0.2, -0.15) is 0 Å². The van der Waals surface area contributed by atoms with Crippen LogP contribution in [0.3, 0.4) is 0 Å². The lowest BCUT2D eigenvalue weighted by Crippen LogP contribution is -2.34. The number of amides is 1. The Hall–Kier alpha value is -2.56. The topological polar surface area (TPSA) is 65.5 Å². The van der Waals surface area contributed by atoms with Crippen LogP contribution in [0.15, 0.2) is 42.6 Å². The van der Waals surface area contributed by atoms with Gasteiger partial charge < -0.3 is 15.3 Å². The molecule has 1 unspecified atom stereocenters. The molecule has 126 valence electrons. The van der Waals surface area contributed by atoms with Crippen LogP contribution in [0.25, 0.3) is 0 Å². The maximum atomic E-state index is 12.9. The average Bonchev–Trinajstić information content (AvgIpc) is 2.88. The normalized spacial score (nSPS) is 18.0. The highest BCUT2D eigenvalue weighted by molar-refractivity contribution is 5.94. The summed E-state index contributed by atoms with van der Waals surface area (Å²) in [5.41, 5.74) is 1.85. The number of nitrogens with one attached hydrogen (secondary N) is 1. The average molecular weight is 325 g/mol. The maximum Gasteiger partial charge on any atom is 0.254 e. The monoisotopic (exact) mass is 325 g/mol. The molecule has 2 heterocycles. The zero-order valence-electron chi connectivity index (χ0n) is 13.9. The van der Waals surface area contributed by atoms with E-state index < -0.39 is 0 Å². The van der Waals surface area contributed by atoms with Gasteiger partial charge in [-0.05, 0) is 42.7 Å². The van der Waals surface area contributed by atoms with Crippen molar-refractivity contribution in [1.29, 1.82) is 0 Å². The lowest BCUT2D eigenvalue weighted by molar-refractivity contribution is 0.0754. The molecular weight excluding hydrogens is 302 g/mol. The molecule has 0 radical (unpaired) electrons. The summed E-state index contributed by atoms with van der Waals surface area (Å²) in [6.45, 7) is 1.49. The highest BCUT2D eigenvalue weighted by Crippen LogP contribution is 2.28. The van der Waals surface area contributed by atoms with Gasteiger partial charge in [-0.25, -0.2) is 4.98 Å². The fraction of sp³-hybridized carbons (Fsp3) is 0.368. The van der Waals surface area contributed by atoms with Crippen LogP contribution in [0.1, 0.15) is 41.1 Å². The first-order valence-electron chi connectivity index (χ1n) is 8.39. The van der Waals surface area contributed by atoms with Crippen LogP contribution in [0, 0.1) is 0 Å². The molecular formula is C19H23N3O2. The fourth-order valence-corrected chi connectivity index (χ4v) is 3.23. The zero-order valence-corrected chi connectivity index (χ0v) is 13.9. The van der Waals surface area contributed by atoms with Crippen molar-refractivity contribution < 1.29 is 9.90 Å². The van der Waals surface area contributed by atoms with Gasteiger partial charge in [0.05, 0.1) is 0 Å². The summed E-state index contributed by atoms with van der Waals surface area (Å²) in [6.07, 6.45) is 4.85. The Kier molecular flexibility index (Phi) is 4.99. The largest absolute Gasteiger partial charge is 0.508 e. The minimum atomic E-state index is 0.0552. The van der Waals surface area contributed by atoms with Gasteiger partial charge in [-0.3, -0.25) is 4.79 Å². The number of carbonyl (C=O) groups is 1. The molecule has 5 heteroatoms. The van der Waals surface area contributed by atoms with Gasteiger partial charge in [-0.15, -0.1) is 0 Å². The molecule has 0 saturated carbocycles. The standard InChI is InChI=1S/C19H23N3O2/c1-20-18-12-15(9-10-21-18)19(24)22-11-3-2-4-16(13-22)14-5-7-17(23)8-6-14/h5-10,12,16,23H,2-4,11,13H2,1H3,(H,20,21). The number of likely N-dealkylation sites (tertiary alicyclic amines) is 1. The van der Waals surface area contributed by atoms with Crippen molar-refractivity contribution in [3.05, 3.63) is 53.7 Å². The Bertz CT molecular complexity index is 700. The van der Waals surface area contributed by atoms with E-state index in [1.54, 1.807) is 37.5 Å². The van der Waals surface area contributed by atoms with Crippen molar-refractivity contribution in [2.24, 2.45) is 0 Å². The first-order valence-corrected chi connectivity index (χ1v) is 8.39. The molecule has 1 aliphatic heterocycles. The minimum Gasteiger partial charge on any atom is -0.508 e. The van der Waals surface area contributed by atoms with Crippen LogP contribution < -0.4 is 5.32 Å². The van der Waals surface area contributed by atoms with E-state index in [1.165, 1.54) is 5.56 Å². The summed E-state index contributed by atoms with van der Waals surface area (Å²) < 4.78 is 0. The fourth-order valence-electron chi connectivity index (χ4n) is 3.23. The van der Waals surface area contributed by atoms with Crippen molar-refractivity contribution in [3.8, 4) is 5.75 Å². The van der Waals surface area contributed by atoms with Crippen LogP contribution in [-0.2, 0) is 0 Å². The van der Waals surface area contributed by atoms with Crippen LogP contribution in [0.2, 0.25) is 0 Å². The van der Waals surface area contributed by atoms with E-state index in [-0.39, 0.29) is 11.7 Å². The molecule has 1 saturated heterocycles. The number of aromatic nitrogens is 1. The molecule has 2 aromatic rings. The molecule has 2 N–H and O–H groups in total. The Morgan fingerprint density at radius 3 is 2.79 bits per heavy atom. The molecule has 24 heavy (non-hydrogen) atoms. The summed E-state index contributed by atoms with van der Waals surface area (Å²) >= 11 is 0. The van der Waals surface area contributed by atoms with Crippen molar-refractivity contribution >= 4 is 11.7 Å². The van der Waals surface area contributed by atoms with Gasteiger partial charge in [0.1, 0.15) is 11.6 Å². The van der Waals surface area contributed by atoms with E-state index in [0.717, 1.165) is 25.8 Å². The number of aromatic hydroxyl groups is 1. The number of pyridine rings is 1. The Balaban J connectivity index is 1.79. The minimum absolute atomic E-state index is 0.0552. The molecule has 0 bridgehead atoms. The molecule has 1 aliphatic rings. The highest BCUT2D eigenvalue weighted by Gasteiger charge is 2.24. The van der Waals surface area contributed by atoms with Gasteiger partial charge in [0.15, 0.2) is 0 Å². The SMILES string of the molecule is CNc1cc(C(=O)N2CCCCC(c3ccc(O)cc3)C2)ccn1. The number of nitrogens with zero attached hydrogens (tertiary/aromatic N) is 2. The molecule has 5 nitrogen and oxygen atoms in total. The number of hydrogen-bond acceptors (Lipinski definition) is 4. The van der Waals surface area contributed by atoms with Gasteiger partial charge in [0, 0.05) is 37.8 Å². The van der Waals surface area contributed by atoms with Crippen molar-refractivity contribution in [3.63, 3.8) is 0 Å². The van der Waals surface area contributed by atoms with E-state index in [4.69, 9.17) is 0 Å². The molecule has 1 atom stereocenters. The number of phenolic OH excluding ortho intramolecular Hbond substituents is 1. The molecule has 1 fully saturated rings. The molecule has 0 aliphatic carbocycles. The summed E-state index contributed by atoms with van der Waals surface area (Å²) in [5.74, 6) is 1.34. The number of hydrogen-bond donors (Lipinski definition) is 2. The summed E-state index contributed by atoms with van der Waals surface area (Å²) in [7, 11) is 1.80. The third-order valence-corrected chi connectivity index (χ3v) is 4.59. The molecule has 1 aromatic heterocycles. The van der Waals surface area contributed by atoms with Crippen LogP contribution in [-0.4, -0.2) is 41.0 Å². The molecule has 1 aromatic carbocycles. The van der Waals surface area contributed by atoms with Gasteiger partial charge in [0.25, 0.3) is 5.91 Å². The Morgan fingerprint density at radius 1 is 1.25 bits per heavy atom. The maximum absolute atomic E-state index is 12.9. The first kappa shape index (κ1) is 16.3. The smallest absolute Gasteiger partial charge is 0.254 e. The van der Waals surface area contributed by atoms with Crippen molar-refractivity contribution in [2.45, 2.75) is 25.2 Å². The first-order chi connectivity index (χ1) is 11.7. The van der Waals surface area contributed by atoms with E-state index in [1.807, 2.05) is 17.0 Å². The van der Waals surface area contributed by atoms with Gasteiger partial charge >= 0.3 is 0 Å². The van der Waals surface area contributed by atoms with E-state index in [2.05, 4.69) is 10.3 Å². The lowest BCUT2D eigenvalue weighted by atomic mass is 9.94. The summed E-state index contributed by atoms with van der Waals surface area (Å²) in [5, 5.41) is 12.4. The van der Waals surface area contributed by atoms with E-state index >= 15 is 0 Å². The third kappa shape index (κ3) is 3.67. The third-order valence-electron chi connectivity index (χ3n) is 4.59. The Labute approximate surface area is 142 Å². The highest BCUT2D eigenvalue weighted by atomic mass is 16.3. The van der Waals surface area contributed by atoms with Crippen molar-refractivity contribution in [2.75, 3.05) is 25.5 Å². The predicted molar refractivity (Wildman–Crippen MR) is 94.4 cm³/mol. The Morgan fingerprint density at radius 2 is 2.04 bits per heavy atom.